The maximum Gasteiger partial charge on any atom is 0.387 e. The Kier molecular flexibility index (Phi) is 5.17. The van der Waals surface area contributed by atoms with Crippen LogP contribution in [0, 0.1) is 0 Å². The number of thiazole rings is 1. The third kappa shape index (κ3) is 4.36. The molecule has 2 heterocycles. The maximum absolute atomic E-state index is 12.2. The number of hydrogen-bond acceptors (Lipinski definition) is 5. The van der Waals surface area contributed by atoms with E-state index in [1.165, 1.54) is 29.5 Å². The van der Waals surface area contributed by atoms with Crippen LogP contribution >= 0.6 is 22.7 Å². The molecule has 0 aliphatic heterocycles. The molecule has 0 saturated carbocycles. The molecule has 0 saturated heterocycles. The SMILES string of the molecule is O=C(Cc1csc(-c2ccsc2)n1)Nc1cccc(OC(F)F)c1. The van der Waals surface area contributed by atoms with Crippen LogP contribution in [-0.2, 0) is 11.2 Å². The summed E-state index contributed by atoms with van der Waals surface area (Å²) in [5, 5.41) is 9.32. The van der Waals surface area contributed by atoms with Crippen molar-refractivity contribution in [1.82, 2.24) is 4.98 Å². The van der Waals surface area contributed by atoms with E-state index in [0.29, 0.717) is 11.4 Å². The predicted molar refractivity (Wildman–Crippen MR) is 90.8 cm³/mol. The highest BCUT2D eigenvalue weighted by molar-refractivity contribution is 7.14. The molecule has 0 spiro atoms. The molecule has 8 heteroatoms. The molecule has 3 aromatic rings. The lowest BCUT2D eigenvalue weighted by atomic mass is 10.2. The molecule has 1 amide bonds. The van der Waals surface area contributed by atoms with Crippen LogP contribution < -0.4 is 10.1 Å². The van der Waals surface area contributed by atoms with Gasteiger partial charge in [-0.1, -0.05) is 6.07 Å². The zero-order chi connectivity index (χ0) is 16.9. The minimum atomic E-state index is -2.90. The van der Waals surface area contributed by atoms with Gasteiger partial charge in [-0.05, 0) is 23.6 Å². The topological polar surface area (TPSA) is 51.2 Å². The Morgan fingerprint density at radius 1 is 1.29 bits per heavy atom. The summed E-state index contributed by atoms with van der Waals surface area (Å²) >= 11 is 3.06. The number of nitrogens with one attached hydrogen (secondary N) is 1. The number of nitrogens with zero attached hydrogens (tertiary/aromatic N) is 1. The molecule has 4 nitrogen and oxygen atoms in total. The van der Waals surface area contributed by atoms with Gasteiger partial charge in [0, 0.05) is 28.1 Å². The van der Waals surface area contributed by atoms with Gasteiger partial charge in [0.05, 0.1) is 12.1 Å². The van der Waals surface area contributed by atoms with Gasteiger partial charge < -0.3 is 10.1 Å². The third-order valence-corrected chi connectivity index (χ3v) is 4.63. The molecule has 0 unspecified atom stereocenters. The molecule has 2 aromatic heterocycles. The van der Waals surface area contributed by atoms with Crippen LogP contribution in [0.15, 0.2) is 46.5 Å². The van der Waals surface area contributed by atoms with E-state index >= 15 is 0 Å². The number of thiophene rings is 1. The molecule has 3 rings (SSSR count). The fourth-order valence-electron chi connectivity index (χ4n) is 2.03. The average molecular weight is 366 g/mol. The van der Waals surface area contributed by atoms with E-state index in [2.05, 4.69) is 15.0 Å². The van der Waals surface area contributed by atoms with E-state index in [-0.39, 0.29) is 18.1 Å². The summed E-state index contributed by atoms with van der Waals surface area (Å²) in [5.74, 6) is -0.275. The Labute approximate surface area is 144 Å². The van der Waals surface area contributed by atoms with Gasteiger partial charge in [0.2, 0.25) is 5.91 Å². The lowest BCUT2D eigenvalue weighted by Crippen LogP contribution is -2.14. The summed E-state index contributed by atoms with van der Waals surface area (Å²) in [7, 11) is 0. The lowest BCUT2D eigenvalue weighted by Gasteiger charge is -2.07. The smallest absolute Gasteiger partial charge is 0.387 e. The molecule has 0 bridgehead atoms. The fraction of sp³-hybridized carbons (Fsp3) is 0.125. The quantitative estimate of drug-likeness (QED) is 0.691. The van der Waals surface area contributed by atoms with Crippen molar-refractivity contribution >= 4 is 34.3 Å². The second-order valence-corrected chi connectivity index (χ2v) is 6.43. The standard InChI is InChI=1S/C16H12F2N2O2S2/c17-16(18)22-13-3-1-2-11(6-13)19-14(21)7-12-9-24-15(20-12)10-4-5-23-8-10/h1-6,8-9,16H,7H2,(H,19,21). The van der Waals surface area contributed by atoms with E-state index in [9.17, 15) is 13.6 Å². The van der Waals surface area contributed by atoms with Crippen LogP contribution in [0.4, 0.5) is 14.5 Å². The number of halogens is 2. The van der Waals surface area contributed by atoms with Gasteiger partial charge in [0.15, 0.2) is 0 Å². The Morgan fingerprint density at radius 3 is 2.92 bits per heavy atom. The van der Waals surface area contributed by atoms with Crippen molar-refractivity contribution in [2.75, 3.05) is 5.32 Å². The highest BCUT2D eigenvalue weighted by Gasteiger charge is 2.11. The number of anilines is 1. The van der Waals surface area contributed by atoms with Gasteiger partial charge in [-0.3, -0.25) is 4.79 Å². The van der Waals surface area contributed by atoms with Crippen molar-refractivity contribution in [2.24, 2.45) is 0 Å². The second-order valence-electron chi connectivity index (χ2n) is 4.79. The maximum atomic E-state index is 12.2. The van der Waals surface area contributed by atoms with Gasteiger partial charge in [-0.15, -0.1) is 11.3 Å². The van der Waals surface area contributed by atoms with Crippen molar-refractivity contribution in [1.29, 1.82) is 0 Å². The molecule has 1 aromatic carbocycles. The van der Waals surface area contributed by atoms with Gasteiger partial charge in [-0.25, -0.2) is 4.98 Å². The van der Waals surface area contributed by atoms with E-state index in [0.717, 1.165) is 10.6 Å². The van der Waals surface area contributed by atoms with Crippen molar-refractivity contribution in [3.63, 3.8) is 0 Å². The molecular formula is C16H12F2N2O2S2. The number of alkyl halides is 2. The van der Waals surface area contributed by atoms with Crippen LogP contribution in [0.5, 0.6) is 5.75 Å². The first-order chi connectivity index (χ1) is 11.6. The number of benzene rings is 1. The van der Waals surface area contributed by atoms with Crippen molar-refractivity contribution in [3.05, 3.63) is 52.2 Å². The number of carbonyl (C=O) groups is 1. The van der Waals surface area contributed by atoms with Gasteiger partial charge in [0.1, 0.15) is 10.8 Å². The normalized spacial score (nSPS) is 10.8. The summed E-state index contributed by atoms with van der Waals surface area (Å²) in [5.41, 5.74) is 2.10. The largest absolute Gasteiger partial charge is 0.435 e. The highest BCUT2D eigenvalue weighted by atomic mass is 32.1. The van der Waals surface area contributed by atoms with Gasteiger partial charge in [0.25, 0.3) is 0 Å². The van der Waals surface area contributed by atoms with Crippen LogP contribution in [0.3, 0.4) is 0 Å². The average Bonchev–Trinajstić information content (AvgIpc) is 3.17. The number of ether oxygens (including phenoxy) is 1. The van der Waals surface area contributed by atoms with Crippen LogP contribution in [0.25, 0.3) is 10.6 Å². The number of carbonyl (C=O) groups excluding carboxylic acids is 1. The van der Waals surface area contributed by atoms with E-state index in [4.69, 9.17) is 0 Å². The van der Waals surface area contributed by atoms with Gasteiger partial charge >= 0.3 is 6.61 Å². The fourth-order valence-corrected chi connectivity index (χ4v) is 3.56. The second kappa shape index (κ2) is 7.50. The summed E-state index contributed by atoms with van der Waals surface area (Å²) < 4.78 is 28.7. The predicted octanol–water partition coefficient (Wildman–Crippen LogP) is 4.65. The third-order valence-electron chi connectivity index (χ3n) is 3.00. The zero-order valence-electron chi connectivity index (χ0n) is 12.2. The summed E-state index contributed by atoms with van der Waals surface area (Å²) in [6.45, 7) is -2.90. The molecule has 0 aliphatic carbocycles. The molecular weight excluding hydrogens is 354 g/mol. The van der Waals surface area contributed by atoms with Gasteiger partial charge in [-0.2, -0.15) is 20.1 Å². The first-order valence-corrected chi connectivity index (χ1v) is 8.74. The highest BCUT2D eigenvalue weighted by Crippen LogP contribution is 2.26. The van der Waals surface area contributed by atoms with Crippen LogP contribution in [-0.4, -0.2) is 17.5 Å². The summed E-state index contributed by atoms with van der Waals surface area (Å²) in [4.78, 5) is 16.5. The van der Waals surface area contributed by atoms with Crippen molar-refractivity contribution in [2.45, 2.75) is 13.0 Å². The molecule has 0 atom stereocenters. The van der Waals surface area contributed by atoms with Crippen molar-refractivity contribution < 1.29 is 18.3 Å². The van der Waals surface area contributed by atoms with Crippen molar-refractivity contribution in [3.8, 4) is 16.3 Å². The first kappa shape index (κ1) is 16.5. The first-order valence-electron chi connectivity index (χ1n) is 6.92. The molecule has 124 valence electrons. The van der Waals surface area contributed by atoms with E-state index < -0.39 is 6.61 Å². The lowest BCUT2D eigenvalue weighted by molar-refractivity contribution is -0.115. The Bertz CT molecular complexity index is 819. The van der Waals surface area contributed by atoms with E-state index in [1.807, 2.05) is 22.2 Å². The monoisotopic (exact) mass is 366 g/mol. The summed E-state index contributed by atoms with van der Waals surface area (Å²) in [6, 6.07) is 7.86. The molecule has 1 N–H and O–H groups in total. The molecule has 24 heavy (non-hydrogen) atoms. The minimum absolute atomic E-state index is 0.00352. The molecule has 0 aliphatic rings. The Morgan fingerprint density at radius 2 is 2.17 bits per heavy atom. The van der Waals surface area contributed by atoms with E-state index in [1.54, 1.807) is 17.4 Å². The number of aromatic nitrogens is 1. The number of rotatable bonds is 6. The zero-order valence-corrected chi connectivity index (χ0v) is 13.9. The number of amides is 1. The molecule has 0 radical (unpaired) electrons. The molecule has 0 fully saturated rings. The van der Waals surface area contributed by atoms with Crippen LogP contribution in [0.1, 0.15) is 5.69 Å². The van der Waals surface area contributed by atoms with Crippen LogP contribution in [0.2, 0.25) is 0 Å². The Hall–Kier alpha value is -2.32. The minimum Gasteiger partial charge on any atom is -0.435 e. The summed E-state index contributed by atoms with van der Waals surface area (Å²) in [6.07, 6.45) is 0.112. The Balaban J connectivity index is 1.62. The number of hydrogen-bond donors (Lipinski definition) is 1.